The van der Waals surface area contributed by atoms with Crippen LogP contribution in [0.1, 0.15) is 35.2 Å². The van der Waals surface area contributed by atoms with E-state index in [9.17, 15) is 4.79 Å². The number of aromatic nitrogens is 4. The Morgan fingerprint density at radius 1 is 1.06 bits per heavy atom. The summed E-state index contributed by atoms with van der Waals surface area (Å²) in [6.45, 7) is 2.51. The molecule has 2 aliphatic heterocycles. The summed E-state index contributed by atoms with van der Waals surface area (Å²) in [5, 5.41) is 7.34. The first-order chi connectivity index (χ1) is 16.2. The number of rotatable bonds is 4. The van der Waals surface area contributed by atoms with Crippen LogP contribution in [0.3, 0.4) is 0 Å². The molecule has 0 unspecified atom stereocenters. The minimum Gasteiger partial charge on any atom is -0.357 e. The monoisotopic (exact) mass is 439 g/mol. The summed E-state index contributed by atoms with van der Waals surface area (Å²) < 4.78 is 1.99. The first-order valence-corrected chi connectivity index (χ1v) is 11.4. The van der Waals surface area contributed by atoms with Crippen LogP contribution in [-0.2, 0) is 13.6 Å². The first kappa shape index (κ1) is 19.7. The highest BCUT2D eigenvalue weighted by Gasteiger charge is 2.28. The van der Waals surface area contributed by atoms with E-state index in [0.717, 1.165) is 46.8 Å². The molecule has 1 amide bonds. The number of fused-ring (bicyclic) bond motifs is 2. The summed E-state index contributed by atoms with van der Waals surface area (Å²) in [5.74, 6) is 1.58. The number of pyridine rings is 3. The Kier molecular flexibility index (Phi) is 4.71. The Morgan fingerprint density at radius 2 is 1.94 bits per heavy atom. The minimum atomic E-state index is -0.0957. The highest BCUT2D eigenvalue weighted by atomic mass is 16.1. The lowest BCUT2D eigenvalue weighted by Gasteiger charge is -2.28. The van der Waals surface area contributed by atoms with Crippen molar-refractivity contribution in [3.05, 3.63) is 60.0 Å². The van der Waals surface area contributed by atoms with Crippen molar-refractivity contribution in [2.45, 2.75) is 25.8 Å². The number of aryl methyl sites for hydroxylation is 1. The second-order valence-corrected chi connectivity index (χ2v) is 8.63. The lowest BCUT2D eigenvalue weighted by molar-refractivity contribution is 0.0966. The van der Waals surface area contributed by atoms with Crippen LogP contribution in [0.4, 0.5) is 17.3 Å². The fraction of sp³-hybridized carbons (Fsp3) is 0.280. The van der Waals surface area contributed by atoms with Crippen LogP contribution in [0.15, 0.2) is 48.9 Å². The zero-order valence-corrected chi connectivity index (χ0v) is 18.5. The Morgan fingerprint density at radius 3 is 2.82 bits per heavy atom. The topological polar surface area (TPSA) is 88.0 Å². The van der Waals surface area contributed by atoms with E-state index < -0.39 is 0 Å². The average molecular weight is 440 g/mol. The smallest absolute Gasteiger partial charge is 0.254 e. The third-order valence-corrected chi connectivity index (χ3v) is 6.53. The molecule has 0 spiro atoms. The van der Waals surface area contributed by atoms with Gasteiger partial charge in [0.1, 0.15) is 17.3 Å². The quantitative estimate of drug-likeness (QED) is 0.500. The number of nitrogens with zero attached hydrogens (tertiary/aromatic N) is 5. The molecule has 8 nitrogen and oxygen atoms in total. The van der Waals surface area contributed by atoms with Gasteiger partial charge in [-0.3, -0.25) is 9.78 Å². The number of amides is 1. The number of hydrogen-bond acceptors (Lipinski definition) is 6. The van der Waals surface area contributed by atoms with Crippen molar-refractivity contribution >= 4 is 34.3 Å². The van der Waals surface area contributed by atoms with E-state index in [1.807, 2.05) is 48.1 Å². The van der Waals surface area contributed by atoms with Crippen molar-refractivity contribution in [2.24, 2.45) is 7.05 Å². The summed E-state index contributed by atoms with van der Waals surface area (Å²) in [6, 6.07) is 9.98. The number of anilines is 3. The fourth-order valence-corrected chi connectivity index (χ4v) is 4.87. The minimum absolute atomic E-state index is 0.0957. The maximum atomic E-state index is 12.8. The maximum absolute atomic E-state index is 12.8. The van der Waals surface area contributed by atoms with Gasteiger partial charge in [0, 0.05) is 55.6 Å². The molecule has 0 radical (unpaired) electrons. The maximum Gasteiger partial charge on any atom is 0.254 e. The summed E-state index contributed by atoms with van der Waals surface area (Å²) >= 11 is 0. The van der Waals surface area contributed by atoms with E-state index in [4.69, 9.17) is 9.97 Å². The number of piperidine rings is 1. The van der Waals surface area contributed by atoms with Gasteiger partial charge in [-0.2, -0.15) is 0 Å². The molecule has 1 fully saturated rings. The zero-order chi connectivity index (χ0) is 22.4. The van der Waals surface area contributed by atoms with Gasteiger partial charge in [0.15, 0.2) is 0 Å². The average Bonchev–Trinajstić information content (AvgIpc) is 3.43. The van der Waals surface area contributed by atoms with E-state index in [1.54, 1.807) is 12.4 Å². The Balaban J connectivity index is 1.39. The molecular weight excluding hydrogens is 414 g/mol. The molecule has 1 saturated heterocycles. The summed E-state index contributed by atoms with van der Waals surface area (Å²) in [7, 11) is 1.97. The van der Waals surface area contributed by atoms with Gasteiger partial charge < -0.3 is 20.1 Å². The molecule has 8 heteroatoms. The van der Waals surface area contributed by atoms with Crippen LogP contribution in [0, 0.1) is 0 Å². The van der Waals surface area contributed by atoms with Crippen LogP contribution in [-0.4, -0.2) is 38.5 Å². The molecule has 0 aromatic carbocycles. The summed E-state index contributed by atoms with van der Waals surface area (Å²) in [5.41, 5.74) is 4.87. The van der Waals surface area contributed by atoms with Crippen molar-refractivity contribution < 1.29 is 4.79 Å². The predicted molar refractivity (Wildman–Crippen MR) is 129 cm³/mol. The lowest BCUT2D eigenvalue weighted by Crippen LogP contribution is -2.30. The molecule has 166 valence electrons. The molecule has 6 heterocycles. The largest absolute Gasteiger partial charge is 0.357 e. The van der Waals surface area contributed by atoms with Crippen LogP contribution in [0.5, 0.6) is 0 Å². The SMILES string of the molecule is Cn1ccc2c(-c3ncc(Nc4cccc(N5CCCCC5)n4)c4c3CNC4=O)ccnc21. The van der Waals surface area contributed by atoms with E-state index in [-0.39, 0.29) is 5.91 Å². The van der Waals surface area contributed by atoms with Crippen molar-refractivity contribution in [2.75, 3.05) is 23.3 Å². The van der Waals surface area contributed by atoms with Gasteiger partial charge in [-0.15, -0.1) is 0 Å². The highest BCUT2D eigenvalue weighted by Crippen LogP contribution is 2.36. The van der Waals surface area contributed by atoms with Gasteiger partial charge in [-0.1, -0.05) is 6.07 Å². The number of carbonyl (C=O) groups is 1. The van der Waals surface area contributed by atoms with Crippen LogP contribution in [0.2, 0.25) is 0 Å². The van der Waals surface area contributed by atoms with E-state index in [2.05, 4.69) is 20.5 Å². The molecule has 2 N–H and O–H groups in total. The van der Waals surface area contributed by atoms with Crippen molar-refractivity contribution in [3.8, 4) is 11.3 Å². The van der Waals surface area contributed by atoms with Gasteiger partial charge in [0.2, 0.25) is 0 Å². The Labute approximate surface area is 191 Å². The molecular formula is C25H25N7O. The number of hydrogen-bond donors (Lipinski definition) is 2. The molecule has 0 aliphatic carbocycles. The summed E-state index contributed by atoms with van der Waals surface area (Å²) in [6.07, 6.45) is 9.19. The Hall–Kier alpha value is -3.94. The van der Waals surface area contributed by atoms with Crippen molar-refractivity contribution in [1.82, 2.24) is 24.8 Å². The molecule has 0 saturated carbocycles. The van der Waals surface area contributed by atoms with Crippen LogP contribution < -0.4 is 15.5 Å². The fourth-order valence-electron chi connectivity index (χ4n) is 4.87. The van der Waals surface area contributed by atoms with Crippen LogP contribution >= 0.6 is 0 Å². The molecule has 33 heavy (non-hydrogen) atoms. The van der Waals surface area contributed by atoms with E-state index in [0.29, 0.717) is 23.6 Å². The molecule has 2 aliphatic rings. The number of carbonyl (C=O) groups excluding carboxylic acids is 1. The first-order valence-electron chi connectivity index (χ1n) is 11.4. The molecule has 0 atom stereocenters. The van der Waals surface area contributed by atoms with Gasteiger partial charge >= 0.3 is 0 Å². The molecule has 0 bridgehead atoms. The third kappa shape index (κ3) is 3.38. The standard InChI is InChI=1S/C25H25N7O/c1-31-13-9-17-16(8-10-26-24(17)31)23-18-14-28-25(33)22(18)19(15-27-23)29-20-6-5-7-21(30-20)32-11-3-2-4-12-32/h5-10,13,15H,2-4,11-12,14H2,1H3,(H,28,33)(H,29,30). The zero-order valence-electron chi connectivity index (χ0n) is 18.5. The molecule has 6 rings (SSSR count). The van der Waals surface area contributed by atoms with Gasteiger partial charge in [-0.25, -0.2) is 9.97 Å². The third-order valence-electron chi connectivity index (χ3n) is 6.53. The van der Waals surface area contributed by atoms with Crippen molar-refractivity contribution in [1.29, 1.82) is 0 Å². The second kappa shape index (κ2) is 7.88. The molecule has 4 aromatic rings. The second-order valence-electron chi connectivity index (χ2n) is 8.63. The van der Waals surface area contributed by atoms with Gasteiger partial charge in [0.25, 0.3) is 5.91 Å². The number of nitrogens with one attached hydrogen (secondary N) is 2. The highest BCUT2D eigenvalue weighted by molar-refractivity contribution is 6.06. The van der Waals surface area contributed by atoms with E-state index in [1.165, 1.54) is 19.3 Å². The predicted octanol–water partition coefficient (Wildman–Crippen LogP) is 4.01. The molecule has 4 aromatic heterocycles. The van der Waals surface area contributed by atoms with Crippen LogP contribution in [0.25, 0.3) is 22.3 Å². The summed E-state index contributed by atoms with van der Waals surface area (Å²) in [4.78, 5) is 29.2. The lowest BCUT2D eigenvalue weighted by atomic mass is 10.0. The van der Waals surface area contributed by atoms with Gasteiger partial charge in [-0.05, 0) is 43.5 Å². The van der Waals surface area contributed by atoms with Gasteiger partial charge in [0.05, 0.1) is 23.1 Å². The Bertz CT molecular complexity index is 1370. The van der Waals surface area contributed by atoms with Crippen molar-refractivity contribution in [3.63, 3.8) is 0 Å². The normalized spacial score (nSPS) is 15.5. The van der Waals surface area contributed by atoms with E-state index >= 15 is 0 Å².